The number of hydrogen-bond donors (Lipinski definition) is 2. The fraction of sp³-hybridized carbons (Fsp3) is 0.522. The zero-order valence-electron chi connectivity index (χ0n) is 19.4. The van der Waals surface area contributed by atoms with Crippen LogP contribution in [0.15, 0.2) is 30.3 Å². The number of fused-ring (bicyclic) bond motifs is 4. The lowest BCUT2D eigenvalue weighted by Gasteiger charge is -2.40. The fourth-order valence-electron chi connectivity index (χ4n) is 4.57. The first-order valence-corrected chi connectivity index (χ1v) is 11.3. The van der Waals surface area contributed by atoms with E-state index in [-0.39, 0.29) is 17.8 Å². The molecule has 5 heterocycles. The van der Waals surface area contributed by atoms with Crippen molar-refractivity contribution in [1.82, 2.24) is 9.97 Å². The van der Waals surface area contributed by atoms with Crippen molar-refractivity contribution in [1.29, 1.82) is 0 Å². The minimum Gasteiger partial charge on any atom is -0.475 e. The minimum absolute atomic E-state index is 0.0395. The lowest BCUT2D eigenvalue weighted by atomic mass is 10.1. The summed E-state index contributed by atoms with van der Waals surface area (Å²) in [7, 11) is 1.32. The molecule has 2 bridgehead atoms. The number of aromatic nitrogens is 2. The van der Waals surface area contributed by atoms with Crippen molar-refractivity contribution in [3.8, 4) is 5.88 Å². The number of nitrogens with one attached hydrogen (secondary N) is 1. The van der Waals surface area contributed by atoms with Crippen molar-refractivity contribution >= 4 is 23.3 Å². The molecule has 0 radical (unpaired) electrons. The van der Waals surface area contributed by atoms with Crippen LogP contribution in [0.5, 0.6) is 5.88 Å². The number of carbonyl (C=O) groups excluding carboxylic acids is 1. The third-order valence-corrected chi connectivity index (χ3v) is 6.14. The summed E-state index contributed by atoms with van der Waals surface area (Å²) in [6.07, 6.45) is -0.428. The van der Waals surface area contributed by atoms with Gasteiger partial charge in [-0.05, 0) is 38.5 Å². The number of aliphatic hydroxyl groups excluding tert-OH is 1. The molecular formula is C23H29N5O6. The lowest BCUT2D eigenvalue weighted by molar-refractivity contribution is -0.141. The molecule has 3 aliphatic heterocycles. The van der Waals surface area contributed by atoms with Crippen molar-refractivity contribution in [3.05, 3.63) is 36.0 Å². The summed E-state index contributed by atoms with van der Waals surface area (Å²) < 4.78 is 21.9. The molecule has 0 amide bonds. The quantitative estimate of drug-likeness (QED) is 0.453. The second-order valence-corrected chi connectivity index (χ2v) is 8.97. The van der Waals surface area contributed by atoms with Gasteiger partial charge in [-0.15, -0.1) is 0 Å². The minimum atomic E-state index is -1.11. The number of anilines is 3. The number of ether oxygens (including phenoxy) is 4. The summed E-state index contributed by atoms with van der Waals surface area (Å²) in [6, 6.07) is 8.81. The SMILES string of the molecule is COC(=O)c1ccc2c(n1)N(C(O)Nc1cccc(OC[C@H]3COC(C)(C)O3)n1)C1CCN2C1. The zero-order chi connectivity index (χ0) is 23.9. The molecule has 5 rings (SSSR count). The molecule has 2 aromatic rings. The molecule has 0 spiro atoms. The molecule has 0 aromatic carbocycles. The Labute approximate surface area is 197 Å². The zero-order valence-corrected chi connectivity index (χ0v) is 19.4. The van der Waals surface area contributed by atoms with Gasteiger partial charge >= 0.3 is 5.97 Å². The lowest BCUT2D eigenvalue weighted by Crippen LogP contribution is -2.52. The van der Waals surface area contributed by atoms with Gasteiger partial charge in [0.1, 0.15) is 18.5 Å². The van der Waals surface area contributed by atoms with Crippen LogP contribution < -0.4 is 19.9 Å². The molecule has 3 aliphatic rings. The Morgan fingerprint density at radius 2 is 2.18 bits per heavy atom. The van der Waals surface area contributed by atoms with Crippen LogP contribution in [0.1, 0.15) is 30.8 Å². The first-order valence-electron chi connectivity index (χ1n) is 11.3. The van der Waals surface area contributed by atoms with Gasteiger partial charge in [-0.3, -0.25) is 0 Å². The predicted molar refractivity (Wildman–Crippen MR) is 123 cm³/mol. The van der Waals surface area contributed by atoms with E-state index in [9.17, 15) is 9.90 Å². The van der Waals surface area contributed by atoms with Crippen molar-refractivity contribution in [3.63, 3.8) is 0 Å². The average molecular weight is 472 g/mol. The largest absolute Gasteiger partial charge is 0.475 e. The molecule has 11 nitrogen and oxygen atoms in total. The molecule has 0 saturated carbocycles. The Morgan fingerprint density at radius 3 is 2.94 bits per heavy atom. The van der Waals surface area contributed by atoms with Gasteiger partial charge in [-0.2, -0.15) is 4.98 Å². The second kappa shape index (κ2) is 8.90. The monoisotopic (exact) mass is 471 g/mol. The number of pyridine rings is 2. The van der Waals surface area contributed by atoms with Crippen LogP contribution in [-0.2, 0) is 14.2 Å². The van der Waals surface area contributed by atoms with Crippen LogP contribution in [0.4, 0.5) is 17.3 Å². The molecule has 182 valence electrons. The Morgan fingerprint density at radius 1 is 1.32 bits per heavy atom. The highest BCUT2D eigenvalue weighted by molar-refractivity contribution is 5.89. The number of hydrogen-bond acceptors (Lipinski definition) is 11. The third-order valence-electron chi connectivity index (χ3n) is 6.14. The second-order valence-electron chi connectivity index (χ2n) is 8.97. The van der Waals surface area contributed by atoms with E-state index in [1.807, 2.05) is 19.9 Å². The highest BCUT2D eigenvalue weighted by atomic mass is 16.7. The van der Waals surface area contributed by atoms with Gasteiger partial charge < -0.3 is 39.2 Å². The van der Waals surface area contributed by atoms with Gasteiger partial charge in [0.2, 0.25) is 12.2 Å². The predicted octanol–water partition coefficient (Wildman–Crippen LogP) is 1.58. The van der Waals surface area contributed by atoms with Gasteiger partial charge in [0.25, 0.3) is 0 Å². The summed E-state index contributed by atoms with van der Waals surface area (Å²) in [6.45, 7) is 6.11. The van der Waals surface area contributed by atoms with Crippen LogP contribution in [0.2, 0.25) is 0 Å². The van der Waals surface area contributed by atoms with Crippen molar-refractivity contribution in [2.45, 2.75) is 44.6 Å². The Kier molecular flexibility index (Phi) is 5.92. The number of methoxy groups -OCH3 is 1. The van der Waals surface area contributed by atoms with E-state index in [4.69, 9.17) is 18.9 Å². The number of aliphatic hydroxyl groups is 1. The van der Waals surface area contributed by atoms with Gasteiger partial charge in [-0.25, -0.2) is 9.78 Å². The van der Waals surface area contributed by atoms with Gasteiger partial charge in [-0.1, -0.05) is 6.07 Å². The van der Waals surface area contributed by atoms with Crippen LogP contribution >= 0.6 is 0 Å². The molecule has 11 heteroatoms. The first kappa shape index (κ1) is 22.6. The molecule has 2 fully saturated rings. The maximum absolute atomic E-state index is 12.0. The van der Waals surface area contributed by atoms with Crippen molar-refractivity contribution in [2.75, 3.05) is 48.5 Å². The topological polar surface area (TPSA) is 119 Å². The normalized spacial score (nSPS) is 23.4. The third kappa shape index (κ3) is 4.46. The maximum atomic E-state index is 12.0. The standard InChI is InChI=1S/C23H29N5O6/c1-23(2)33-13-15(34-23)12-32-19-6-4-5-18(25-19)26-22(30)28-14-9-10-27(11-14)17-8-7-16(21(29)31-3)24-20(17)28/h4-8,14-15,22,30H,9-13H2,1-3H3,(H,25,26)/t14?,15-,22?/m0/s1. The molecule has 2 aromatic heterocycles. The van der Waals surface area contributed by atoms with Crippen molar-refractivity contribution in [2.24, 2.45) is 0 Å². The fourth-order valence-corrected chi connectivity index (χ4v) is 4.57. The van der Waals surface area contributed by atoms with E-state index in [0.29, 0.717) is 30.7 Å². The molecule has 2 saturated heterocycles. The maximum Gasteiger partial charge on any atom is 0.356 e. The summed E-state index contributed by atoms with van der Waals surface area (Å²) in [4.78, 5) is 25.0. The number of nitrogens with zero attached hydrogens (tertiary/aromatic N) is 4. The van der Waals surface area contributed by atoms with E-state index in [1.54, 1.807) is 29.2 Å². The van der Waals surface area contributed by atoms with Crippen LogP contribution in [0.3, 0.4) is 0 Å². The van der Waals surface area contributed by atoms with Crippen LogP contribution in [0.25, 0.3) is 0 Å². The summed E-state index contributed by atoms with van der Waals surface area (Å²) in [5.74, 6) is 0.245. The summed E-state index contributed by atoms with van der Waals surface area (Å²) >= 11 is 0. The Hall–Kier alpha value is -3.15. The average Bonchev–Trinajstić information content (AvgIpc) is 3.40. The molecule has 2 unspecified atom stereocenters. The van der Waals surface area contributed by atoms with E-state index in [1.165, 1.54) is 7.11 Å². The van der Waals surface area contributed by atoms with E-state index in [2.05, 4.69) is 20.2 Å². The Bertz CT molecular complexity index is 1070. The highest BCUT2D eigenvalue weighted by Gasteiger charge is 2.40. The van der Waals surface area contributed by atoms with E-state index >= 15 is 0 Å². The Balaban J connectivity index is 1.30. The number of rotatable bonds is 7. The number of esters is 1. The van der Waals surface area contributed by atoms with E-state index < -0.39 is 18.1 Å². The smallest absolute Gasteiger partial charge is 0.356 e. The van der Waals surface area contributed by atoms with Crippen molar-refractivity contribution < 1.29 is 28.8 Å². The van der Waals surface area contributed by atoms with Gasteiger partial charge in [0.15, 0.2) is 17.3 Å². The van der Waals surface area contributed by atoms with Crippen LogP contribution in [0, 0.1) is 0 Å². The molecule has 2 N–H and O–H groups in total. The van der Waals surface area contributed by atoms with Gasteiger partial charge in [0, 0.05) is 19.2 Å². The molecule has 0 aliphatic carbocycles. The molecule has 3 atom stereocenters. The molecule has 34 heavy (non-hydrogen) atoms. The summed E-state index contributed by atoms with van der Waals surface area (Å²) in [5.41, 5.74) is 1.06. The molecular weight excluding hydrogens is 442 g/mol. The van der Waals surface area contributed by atoms with E-state index in [0.717, 1.165) is 25.2 Å². The number of carbonyl (C=O) groups is 1. The summed E-state index contributed by atoms with van der Waals surface area (Å²) in [5, 5.41) is 14.2. The highest BCUT2D eigenvalue weighted by Crippen LogP contribution is 2.39. The first-order chi connectivity index (χ1) is 16.3. The van der Waals surface area contributed by atoms with Crippen LogP contribution in [-0.4, -0.2) is 78.7 Å². The van der Waals surface area contributed by atoms with Gasteiger partial charge in [0.05, 0.1) is 25.4 Å².